The third-order valence-corrected chi connectivity index (χ3v) is 4.42. The maximum atomic E-state index is 4.40. The largest absolute Gasteiger partial charge is 0.309 e. The number of hydrogen-bond acceptors (Lipinski definition) is 3. The molecule has 1 aliphatic heterocycles. The highest BCUT2D eigenvalue weighted by atomic mass is 15.3. The van der Waals surface area contributed by atoms with Crippen LogP contribution in [0.1, 0.15) is 39.2 Å². The number of nitrogens with zero attached hydrogens (tertiary/aromatic N) is 3. The van der Waals surface area contributed by atoms with Gasteiger partial charge in [0.25, 0.3) is 0 Å². The Hall–Kier alpha value is -0.870. The van der Waals surface area contributed by atoms with Crippen molar-refractivity contribution in [3.63, 3.8) is 0 Å². The van der Waals surface area contributed by atoms with E-state index in [0.717, 1.165) is 38.1 Å². The highest BCUT2D eigenvalue weighted by Gasteiger charge is 2.40. The van der Waals surface area contributed by atoms with Crippen LogP contribution in [0.3, 0.4) is 0 Å². The first-order chi connectivity index (χ1) is 9.07. The molecule has 19 heavy (non-hydrogen) atoms. The molecule has 1 N–H and O–H groups in total. The highest BCUT2D eigenvalue weighted by Crippen LogP contribution is 2.37. The monoisotopic (exact) mass is 262 g/mol. The Morgan fingerprint density at radius 3 is 2.84 bits per heavy atom. The fourth-order valence-electron chi connectivity index (χ4n) is 3.21. The van der Waals surface area contributed by atoms with E-state index in [2.05, 4.69) is 42.3 Å². The summed E-state index contributed by atoms with van der Waals surface area (Å²) < 4.78 is 2.02. The third-order valence-electron chi connectivity index (χ3n) is 4.42. The highest BCUT2D eigenvalue weighted by molar-refractivity contribution is 5.07. The van der Waals surface area contributed by atoms with Gasteiger partial charge in [-0.15, -0.1) is 0 Å². The first-order valence-electron chi connectivity index (χ1n) is 7.58. The van der Waals surface area contributed by atoms with E-state index in [0.29, 0.717) is 0 Å². The molecular formula is C15H26N4. The second-order valence-electron chi connectivity index (χ2n) is 6.78. The van der Waals surface area contributed by atoms with Gasteiger partial charge in [0.2, 0.25) is 0 Å². The van der Waals surface area contributed by atoms with E-state index in [1.165, 1.54) is 18.4 Å². The van der Waals surface area contributed by atoms with E-state index in [4.69, 9.17) is 0 Å². The van der Waals surface area contributed by atoms with E-state index in [9.17, 15) is 0 Å². The van der Waals surface area contributed by atoms with Gasteiger partial charge < -0.3 is 5.32 Å². The first-order valence-corrected chi connectivity index (χ1v) is 7.58. The van der Waals surface area contributed by atoms with Gasteiger partial charge in [0, 0.05) is 49.5 Å². The smallest absolute Gasteiger partial charge is 0.0534 e. The van der Waals surface area contributed by atoms with Crippen molar-refractivity contribution in [3.8, 4) is 0 Å². The van der Waals surface area contributed by atoms with E-state index in [1.54, 1.807) is 0 Å². The summed E-state index contributed by atoms with van der Waals surface area (Å²) in [7, 11) is 0. The second kappa shape index (κ2) is 4.91. The maximum absolute atomic E-state index is 4.40. The van der Waals surface area contributed by atoms with Crippen LogP contribution < -0.4 is 5.32 Å². The van der Waals surface area contributed by atoms with Crippen LogP contribution in [0, 0.1) is 5.92 Å². The van der Waals surface area contributed by atoms with Gasteiger partial charge in [-0.2, -0.15) is 5.10 Å². The van der Waals surface area contributed by atoms with Gasteiger partial charge >= 0.3 is 0 Å². The molecule has 1 aliphatic carbocycles. The summed E-state index contributed by atoms with van der Waals surface area (Å²) in [5.41, 5.74) is 1.58. The molecule has 0 bridgehead atoms. The van der Waals surface area contributed by atoms with Gasteiger partial charge in [0.15, 0.2) is 0 Å². The molecular weight excluding hydrogens is 236 g/mol. The minimum Gasteiger partial charge on any atom is -0.309 e. The SMILES string of the molecule is CCn1cc(CN2CC(C)(C)NCC2C2CC2)cn1. The molecule has 1 saturated heterocycles. The van der Waals surface area contributed by atoms with Gasteiger partial charge in [-0.1, -0.05) is 0 Å². The Balaban J connectivity index is 1.71. The zero-order valence-corrected chi connectivity index (χ0v) is 12.4. The molecule has 1 atom stereocenters. The van der Waals surface area contributed by atoms with Crippen LogP contribution in [-0.4, -0.2) is 39.4 Å². The first kappa shape index (κ1) is 13.1. The minimum atomic E-state index is 0.228. The third kappa shape index (κ3) is 3.00. The molecule has 0 aromatic carbocycles. The van der Waals surface area contributed by atoms with Crippen molar-refractivity contribution in [1.29, 1.82) is 0 Å². The van der Waals surface area contributed by atoms with Crippen molar-refractivity contribution in [2.24, 2.45) is 5.92 Å². The molecule has 1 aromatic rings. The van der Waals surface area contributed by atoms with Gasteiger partial charge in [-0.3, -0.25) is 9.58 Å². The van der Waals surface area contributed by atoms with Crippen LogP contribution in [0.2, 0.25) is 0 Å². The van der Waals surface area contributed by atoms with Gasteiger partial charge in [-0.05, 0) is 39.5 Å². The quantitative estimate of drug-likeness (QED) is 0.899. The average Bonchev–Trinajstić information content (AvgIpc) is 3.08. The summed E-state index contributed by atoms with van der Waals surface area (Å²) in [6, 6.07) is 0.720. The Morgan fingerprint density at radius 2 is 2.21 bits per heavy atom. The van der Waals surface area contributed by atoms with E-state index in [-0.39, 0.29) is 5.54 Å². The van der Waals surface area contributed by atoms with Crippen LogP contribution in [0.4, 0.5) is 0 Å². The van der Waals surface area contributed by atoms with Crippen molar-refractivity contribution in [1.82, 2.24) is 20.0 Å². The number of piperazine rings is 1. The number of hydrogen-bond donors (Lipinski definition) is 1. The standard InChI is InChI=1S/C15H26N4/c1-4-19-10-12(7-17-19)9-18-11-15(2,3)16-8-14(18)13-5-6-13/h7,10,13-14,16H,4-6,8-9,11H2,1-3H3. The molecule has 2 heterocycles. The number of aromatic nitrogens is 2. The Labute approximate surface area is 116 Å². The molecule has 2 fully saturated rings. The average molecular weight is 262 g/mol. The zero-order chi connectivity index (χ0) is 13.5. The molecule has 2 aliphatic rings. The Morgan fingerprint density at radius 1 is 1.42 bits per heavy atom. The second-order valence-corrected chi connectivity index (χ2v) is 6.78. The molecule has 106 valence electrons. The Bertz CT molecular complexity index is 433. The van der Waals surface area contributed by atoms with Crippen LogP contribution in [-0.2, 0) is 13.1 Å². The molecule has 0 amide bonds. The summed E-state index contributed by atoms with van der Waals surface area (Å²) in [6.07, 6.45) is 7.05. The molecule has 0 radical (unpaired) electrons. The molecule has 1 unspecified atom stereocenters. The predicted molar refractivity (Wildman–Crippen MR) is 76.9 cm³/mol. The fourth-order valence-corrected chi connectivity index (χ4v) is 3.21. The predicted octanol–water partition coefficient (Wildman–Crippen LogP) is 1.87. The number of aryl methyl sites for hydroxylation is 1. The van der Waals surface area contributed by atoms with E-state index in [1.807, 2.05) is 10.9 Å². The summed E-state index contributed by atoms with van der Waals surface area (Å²) in [6.45, 7) is 11.0. The van der Waals surface area contributed by atoms with Crippen LogP contribution in [0.15, 0.2) is 12.4 Å². The molecule has 0 spiro atoms. The van der Waals surface area contributed by atoms with Crippen molar-refractivity contribution in [3.05, 3.63) is 18.0 Å². The minimum absolute atomic E-state index is 0.228. The molecule has 4 nitrogen and oxygen atoms in total. The summed E-state index contributed by atoms with van der Waals surface area (Å²) >= 11 is 0. The topological polar surface area (TPSA) is 33.1 Å². The van der Waals surface area contributed by atoms with E-state index < -0.39 is 0 Å². The lowest BCUT2D eigenvalue weighted by molar-refractivity contribution is 0.0759. The Kier molecular flexibility index (Phi) is 3.39. The van der Waals surface area contributed by atoms with Gasteiger partial charge in [0.1, 0.15) is 0 Å². The van der Waals surface area contributed by atoms with Crippen molar-refractivity contribution in [2.45, 2.75) is 58.3 Å². The molecule has 3 rings (SSSR count). The molecule has 4 heteroatoms. The van der Waals surface area contributed by atoms with Crippen molar-refractivity contribution in [2.75, 3.05) is 13.1 Å². The summed E-state index contributed by atoms with van der Waals surface area (Å²) in [5.74, 6) is 0.921. The number of rotatable bonds is 4. The molecule has 1 saturated carbocycles. The summed E-state index contributed by atoms with van der Waals surface area (Å²) in [5, 5.41) is 8.10. The fraction of sp³-hybridized carbons (Fsp3) is 0.800. The lowest BCUT2D eigenvalue weighted by atomic mass is 9.96. The summed E-state index contributed by atoms with van der Waals surface area (Å²) in [4.78, 5) is 2.67. The maximum Gasteiger partial charge on any atom is 0.0534 e. The van der Waals surface area contributed by atoms with Crippen LogP contribution >= 0.6 is 0 Å². The van der Waals surface area contributed by atoms with Gasteiger partial charge in [-0.25, -0.2) is 0 Å². The van der Waals surface area contributed by atoms with Crippen LogP contribution in [0.5, 0.6) is 0 Å². The lowest BCUT2D eigenvalue weighted by Gasteiger charge is -2.45. The van der Waals surface area contributed by atoms with Gasteiger partial charge in [0.05, 0.1) is 6.20 Å². The normalized spacial score (nSPS) is 27.6. The zero-order valence-electron chi connectivity index (χ0n) is 12.4. The lowest BCUT2D eigenvalue weighted by Crippen LogP contribution is -2.61. The van der Waals surface area contributed by atoms with Crippen LogP contribution in [0.25, 0.3) is 0 Å². The van der Waals surface area contributed by atoms with E-state index >= 15 is 0 Å². The van der Waals surface area contributed by atoms with Crippen molar-refractivity contribution >= 4 is 0 Å². The molecule has 1 aromatic heterocycles. The number of nitrogens with one attached hydrogen (secondary N) is 1. The van der Waals surface area contributed by atoms with Crippen molar-refractivity contribution < 1.29 is 0 Å².